The van der Waals surface area contributed by atoms with Gasteiger partial charge >= 0.3 is 0 Å². The number of amides is 1. The summed E-state index contributed by atoms with van der Waals surface area (Å²) in [4.78, 5) is 28.5. The average molecular weight is 344 g/mol. The number of carbonyl (C=O) groups is 2. The van der Waals surface area contributed by atoms with Crippen molar-refractivity contribution in [1.82, 2.24) is 20.5 Å². The number of aromatic nitrogens is 3. The van der Waals surface area contributed by atoms with E-state index in [2.05, 4.69) is 20.5 Å². The van der Waals surface area contributed by atoms with Gasteiger partial charge in [-0.1, -0.05) is 6.92 Å². The topological polar surface area (TPSA) is 97.0 Å². The monoisotopic (exact) mass is 344 g/mol. The van der Waals surface area contributed by atoms with Gasteiger partial charge in [0.15, 0.2) is 11.6 Å². The molecule has 7 nitrogen and oxygen atoms in total. The van der Waals surface area contributed by atoms with Gasteiger partial charge in [-0.25, -0.2) is 4.98 Å². The summed E-state index contributed by atoms with van der Waals surface area (Å²) in [5.41, 5.74) is 0.629. The molecule has 25 heavy (non-hydrogen) atoms. The van der Waals surface area contributed by atoms with Crippen LogP contribution >= 0.6 is 0 Å². The first-order chi connectivity index (χ1) is 12.0. The molecular weight excluding hydrogens is 320 g/mol. The number of ketones is 1. The molecule has 2 N–H and O–H groups in total. The maximum absolute atomic E-state index is 12.1. The third kappa shape index (κ3) is 5.41. The summed E-state index contributed by atoms with van der Waals surface area (Å²) < 4.78 is 5.07. The smallest absolute Gasteiger partial charge is 0.220 e. The number of aromatic amines is 1. The number of hydrogen-bond acceptors (Lipinski definition) is 5. The maximum atomic E-state index is 12.1. The molecule has 0 aliphatic heterocycles. The van der Waals surface area contributed by atoms with Gasteiger partial charge in [0, 0.05) is 18.4 Å². The van der Waals surface area contributed by atoms with E-state index in [-0.39, 0.29) is 17.7 Å². The van der Waals surface area contributed by atoms with Crippen LogP contribution in [0.2, 0.25) is 0 Å². The molecule has 7 heteroatoms. The predicted molar refractivity (Wildman–Crippen MR) is 93.5 cm³/mol. The van der Waals surface area contributed by atoms with Crippen LogP contribution in [0, 0.1) is 6.92 Å². The highest BCUT2D eigenvalue weighted by Gasteiger charge is 2.17. The summed E-state index contributed by atoms with van der Waals surface area (Å²) in [5, 5.41) is 9.78. The fourth-order valence-electron chi connectivity index (χ4n) is 2.46. The highest BCUT2D eigenvalue weighted by atomic mass is 16.5. The minimum Gasteiger partial charge on any atom is -0.497 e. The second-order valence-electron chi connectivity index (χ2n) is 5.81. The maximum Gasteiger partial charge on any atom is 0.220 e. The number of H-pyrrole nitrogens is 1. The number of hydrogen-bond donors (Lipinski definition) is 2. The van der Waals surface area contributed by atoms with Crippen molar-refractivity contribution in [3.8, 4) is 5.75 Å². The van der Waals surface area contributed by atoms with Gasteiger partial charge in [-0.3, -0.25) is 14.7 Å². The lowest BCUT2D eigenvalue weighted by atomic mass is 10.0. The molecule has 0 saturated heterocycles. The fourth-order valence-corrected chi connectivity index (χ4v) is 2.46. The standard InChI is InChI=1S/C18H24N4O3/c1-4-15(18-19-12(2)21-22-18)20-17(24)7-5-6-16(23)13-8-10-14(25-3)11-9-13/h8-11,15H,4-7H2,1-3H3,(H,20,24)(H,19,21,22)/t15-/m0/s1. The van der Waals surface area contributed by atoms with Crippen LogP contribution in [0.1, 0.15) is 60.7 Å². The molecule has 0 aliphatic rings. The molecule has 134 valence electrons. The first-order valence-corrected chi connectivity index (χ1v) is 8.39. The van der Waals surface area contributed by atoms with E-state index >= 15 is 0 Å². The predicted octanol–water partition coefficient (Wildman–Crippen LogP) is 2.74. The van der Waals surface area contributed by atoms with E-state index in [1.165, 1.54) is 0 Å². The lowest BCUT2D eigenvalue weighted by Gasteiger charge is -2.13. The van der Waals surface area contributed by atoms with Crippen molar-refractivity contribution in [2.24, 2.45) is 0 Å². The molecule has 1 amide bonds. The minimum atomic E-state index is -0.213. The quantitative estimate of drug-likeness (QED) is 0.682. The average Bonchev–Trinajstić information content (AvgIpc) is 3.05. The van der Waals surface area contributed by atoms with Gasteiger partial charge < -0.3 is 10.1 Å². The number of aryl methyl sites for hydroxylation is 1. The van der Waals surface area contributed by atoms with Crippen LogP contribution in [0.25, 0.3) is 0 Å². The van der Waals surface area contributed by atoms with E-state index in [9.17, 15) is 9.59 Å². The highest BCUT2D eigenvalue weighted by molar-refractivity contribution is 5.96. The zero-order valence-corrected chi connectivity index (χ0v) is 14.8. The van der Waals surface area contributed by atoms with Gasteiger partial charge in [-0.2, -0.15) is 5.10 Å². The molecule has 0 bridgehead atoms. The van der Waals surface area contributed by atoms with E-state index in [1.807, 2.05) is 13.8 Å². The second-order valence-corrected chi connectivity index (χ2v) is 5.81. The number of benzene rings is 1. The number of nitrogens with one attached hydrogen (secondary N) is 2. The van der Waals surface area contributed by atoms with Crippen molar-refractivity contribution in [3.63, 3.8) is 0 Å². The Morgan fingerprint density at radius 3 is 2.52 bits per heavy atom. The largest absolute Gasteiger partial charge is 0.497 e. The Balaban J connectivity index is 1.78. The lowest BCUT2D eigenvalue weighted by molar-refractivity contribution is -0.122. The van der Waals surface area contributed by atoms with Crippen molar-refractivity contribution >= 4 is 11.7 Å². The number of rotatable bonds is 9. The zero-order chi connectivity index (χ0) is 18.2. The Hall–Kier alpha value is -2.70. The fraction of sp³-hybridized carbons (Fsp3) is 0.444. The normalized spacial score (nSPS) is 11.8. The van der Waals surface area contributed by atoms with Gasteiger partial charge in [0.25, 0.3) is 0 Å². The second kappa shape index (κ2) is 8.96. The molecule has 2 aromatic rings. The third-order valence-electron chi connectivity index (χ3n) is 3.89. The number of ether oxygens (including phenoxy) is 1. The van der Waals surface area contributed by atoms with E-state index < -0.39 is 0 Å². The molecule has 0 unspecified atom stereocenters. The van der Waals surface area contributed by atoms with Crippen LogP contribution in [0.5, 0.6) is 5.75 Å². The summed E-state index contributed by atoms with van der Waals surface area (Å²) >= 11 is 0. The molecule has 0 aliphatic carbocycles. The van der Waals surface area contributed by atoms with E-state index in [0.717, 1.165) is 0 Å². The molecule has 2 rings (SSSR count). The lowest BCUT2D eigenvalue weighted by Crippen LogP contribution is -2.28. The first-order valence-electron chi connectivity index (χ1n) is 8.39. The molecule has 0 radical (unpaired) electrons. The summed E-state index contributed by atoms with van der Waals surface area (Å²) in [7, 11) is 1.58. The molecule has 0 saturated carbocycles. The van der Waals surface area contributed by atoms with Gasteiger partial charge in [0.2, 0.25) is 5.91 Å². The third-order valence-corrected chi connectivity index (χ3v) is 3.89. The zero-order valence-electron chi connectivity index (χ0n) is 14.8. The Labute approximate surface area is 147 Å². The SMILES string of the molecule is CC[C@H](NC(=O)CCCC(=O)c1ccc(OC)cc1)c1n[nH]c(C)n1. The van der Waals surface area contributed by atoms with E-state index in [1.54, 1.807) is 31.4 Å². The summed E-state index contributed by atoms with van der Waals surface area (Å²) in [5.74, 6) is 1.93. The molecule has 1 aromatic heterocycles. The Morgan fingerprint density at radius 2 is 1.96 bits per heavy atom. The number of methoxy groups -OCH3 is 1. The first kappa shape index (κ1) is 18.6. The van der Waals surface area contributed by atoms with Crippen LogP contribution < -0.4 is 10.1 Å². The molecule has 1 atom stereocenters. The van der Waals surface area contributed by atoms with E-state index in [0.29, 0.717) is 48.6 Å². The van der Waals surface area contributed by atoms with Gasteiger partial charge in [0.1, 0.15) is 11.6 Å². The molecule has 0 fully saturated rings. The molecule has 1 aromatic carbocycles. The van der Waals surface area contributed by atoms with Crippen molar-refractivity contribution in [2.45, 2.75) is 45.6 Å². The molecular formula is C18H24N4O3. The van der Waals surface area contributed by atoms with Crippen LogP contribution in [-0.2, 0) is 4.79 Å². The summed E-state index contributed by atoms with van der Waals surface area (Å²) in [6, 6.07) is 6.77. The number of nitrogens with zero attached hydrogens (tertiary/aromatic N) is 2. The number of Topliss-reactive ketones (excluding diaryl/α,β-unsaturated/α-hetero) is 1. The van der Waals surface area contributed by atoms with Crippen molar-refractivity contribution in [3.05, 3.63) is 41.5 Å². The van der Waals surface area contributed by atoms with Gasteiger partial charge in [0.05, 0.1) is 13.2 Å². The summed E-state index contributed by atoms with van der Waals surface area (Å²) in [6.45, 7) is 3.78. The Morgan fingerprint density at radius 1 is 1.24 bits per heavy atom. The van der Waals surface area contributed by atoms with Crippen LogP contribution in [0.15, 0.2) is 24.3 Å². The molecule has 1 heterocycles. The van der Waals surface area contributed by atoms with Gasteiger partial charge in [-0.05, 0) is 44.0 Å². The Kier molecular flexibility index (Phi) is 6.68. The van der Waals surface area contributed by atoms with Crippen molar-refractivity contribution in [1.29, 1.82) is 0 Å². The van der Waals surface area contributed by atoms with Gasteiger partial charge in [-0.15, -0.1) is 0 Å². The number of carbonyl (C=O) groups excluding carboxylic acids is 2. The van der Waals surface area contributed by atoms with Crippen molar-refractivity contribution in [2.75, 3.05) is 7.11 Å². The highest BCUT2D eigenvalue weighted by Crippen LogP contribution is 2.15. The Bertz CT molecular complexity index is 709. The summed E-state index contributed by atoms with van der Waals surface area (Å²) in [6.07, 6.45) is 1.83. The minimum absolute atomic E-state index is 0.0205. The van der Waals surface area contributed by atoms with Crippen LogP contribution in [0.4, 0.5) is 0 Å². The van der Waals surface area contributed by atoms with Crippen molar-refractivity contribution < 1.29 is 14.3 Å². The van der Waals surface area contributed by atoms with Crippen LogP contribution in [-0.4, -0.2) is 34.0 Å². The van der Waals surface area contributed by atoms with E-state index in [4.69, 9.17) is 4.74 Å². The molecule has 0 spiro atoms. The van der Waals surface area contributed by atoms with Crippen LogP contribution in [0.3, 0.4) is 0 Å².